The first-order valence-corrected chi connectivity index (χ1v) is 5.29. The molecule has 16 heavy (non-hydrogen) atoms. The predicted octanol–water partition coefficient (Wildman–Crippen LogP) is 3.41. The first kappa shape index (κ1) is 12.6. The van der Waals surface area contributed by atoms with E-state index in [1.807, 2.05) is 45.0 Å². The summed E-state index contributed by atoms with van der Waals surface area (Å²) in [6.45, 7) is 9.29. The van der Waals surface area contributed by atoms with Crippen molar-refractivity contribution in [3.63, 3.8) is 0 Å². The summed E-state index contributed by atoms with van der Waals surface area (Å²) >= 11 is 0. The Labute approximate surface area is 96.8 Å². The molecule has 1 radical (unpaired) electrons. The molecule has 3 nitrogen and oxygen atoms in total. The molecule has 0 aromatic heterocycles. The number of hydrogen-bond acceptors (Lipinski definition) is 2. The molecule has 87 valence electrons. The lowest BCUT2D eigenvalue weighted by molar-refractivity contribution is 0.0636. The Morgan fingerprint density at radius 2 is 2.12 bits per heavy atom. The van der Waals surface area contributed by atoms with E-state index in [4.69, 9.17) is 4.74 Å². The standard InChI is InChI=1S/C13H18NO2/c1-5-10-7-6-8-11(9-10)14-12(15)16-13(2,3)4/h6-9H,1,5H2,2-4H3,(H,14,15). The van der Waals surface area contributed by atoms with Crippen LogP contribution in [-0.2, 0) is 11.2 Å². The van der Waals surface area contributed by atoms with Crippen molar-refractivity contribution in [2.45, 2.75) is 32.8 Å². The highest BCUT2D eigenvalue weighted by Crippen LogP contribution is 2.13. The van der Waals surface area contributed by atoms with E-state index < -0.39 is 11.7 Å². The molecule has 3 heteroatoms. The molecule has 1 amide bonds. The van der Waals surface area contributed by atoms with Crippen LogP contribution in [0.15, 0.2) is 24.3 Å². The number of nitrogens with one attached hydrogen (secondary N) is 1. The number of hydrogen-bond donors (Lipinski definition) is 1. The van der Waals surface area contributed by atoms with Gasteiger partial charge in [0, 0.05) is 5.69 Å². The largest absolute Gasteiger partial charge is 0.444 e. The topological polar surface area (TPSA) is 38.3 Å². The number of benzene rings is 1. The van der Waals surface area contributed by atoms with Gasteiger partial charge in [-0.3, -0.25) is 5.32 Å². The zero-order chi connectivity index (χ0) is 12.2. The van der Waals surface area contributed by atoms with E-state index >= 15 is 0 Å². The average molecular weight is 220 g/mol. The minimum Gasteiger partial charge on any atom is -0.444 e. The monoisotopic (exact) mass is 220 g/mol. The van der Waals surface area contributed by atoms with E-state index in [9.17, 15) is 4.79 Å². The lowest BCUT2D eigenvalue weighted by Gasteiger charge is -2.19. The Morgan fingerprint density at radius 3 is 2.69 bits per heavy atom. The van der Waals surface area contributed by atoms with Crippen LogP contribution in [-0.4, -0.2) is 11.7 Å². The maximum atomic E-state index is 11.5. The Kier molecular flexibility index (Phi) is 3.93. The zero-order valence-corrected chi connectivity index (χ0v) is 10.0. The average Bonchev–Trinajstić information content (AvgIpc) is 2.15. The van der Waals surface area contributed by atoms with Crippen molar-refractivity contribution in [1.29, 1.82) is 0 Å². The van der Waals surface area contributed by atoms with Crippen LogP contribution in [0.3, 0.4) is 0 Å². The van der Waals surface area contributed by atoms with Crippen molar-refractivity contribution in [1.82, 2.24) is 0 Å². The molecule has 1 N–H and O–H groups in total. The van der Waals surface area contributed by atoms with Gasteiger partial charge in [0.25, 0.3) is 0 Å². The van der Waals surface area contributed by atoms with E-state index in [1.165, 1.54) is 0 Å². The molecule has 0 saturated carbocycles. The van der Waals surface area contributed by atoms with Gasteiger partial charge in [-0.1, -0.05) is 12.1 Å². The molecule has 0 aliphatic carbocycles. The molecule has 1 rings (SSSR count). The second-order valence-corrected chi connectivity index (χ2v) is 4.58. The van der Waals surface area contributed by atoms with Crippen LogP contribution in [0.25, 0.3) is 0 Å². The smallest absolute Gasteiger partial charge is 0.412 e. The van der Waals surface area contributed by atoms with Gasteiger partial charge in [0.2, 0.25) is 0 Å². The molecular weight excluding hydrogens is 202 g/mol. The molecule has 0 fully saturated rings. The van der Waals surface area contributed by atoms with Gasteiger partial charge < -0.3 is 4.74 Å². The molecule has 0 saturated heterocycles. The van der Waals surface area contributed by atoms with Crippen LogP contribution < -0.4 is 5.32 Å². The molecule has 0 aliphatic heterocycles. The number of carbonyl (C=O) groups excluding carboxylic acids is 1. The maximum Gasteiger partial charge on any atom is 0.412 e. The number of ether oxygens (including phenoxy) is 1. The lowest BCUT2D eigenvalue weighted by Crippen LogP contribution is -2.27. The fraction of sp³-hybridized carbons (Fsp3) is 0.385. The summed E-state index contributed by atoms with van der Waals surface area (Å²) in [5.41, 5.74) is 1.33. The van der Waals surface area contributed by atoms with Gasteiger partial charge in [-0.25, -0.2) is 4.79 Å². The summed E-state index contributed by atoms with van der Waals surface area (Å²) in [5.74, 6) is 0. The molecule has 0 atom stereocenters. The van der Waals surface area contributed by atoms with E-state index in [0.29, 0.717) is 6.42 Å². The first-order chi connectivity index (χ1) is 7.40. The Bertz CT molecular complexity index is 366. The number of anilines is 1. The van der Waals surface area contributed by atoms with Gasteiger partial charge in [0.1, 0.15) is 5.60 Å². The van der Waals surface area contributed by atoms with Crippen LogP contribution in [0.5, 0.6) is 0 Å². The molecule has 0 bridgehead atoms. The second-order valence-electron chi connectivity index (χ2n) is 4.58. The van der Waals surface area contributed by atoms with Gasteiger partial charge in [0.05, 0.1) is 0 Å². The summed E-state index contributed by atoms with van der Waals surface area (Å²) in [5, 5.41) is 2.68. The van der Waals surface area contributed by atoms with E-state index in [1.54, 1.807) is 0 Å². The van der Waals surface area contributed by atoms with Gasteiger partial charge in [-0.15, -0.1) is 0 Å². The number of carbonyl (C=O) groups is 1. The summed E-state index contributed by atoms with van der Waals surface area (Å²) in [7, 11) is 0. The predicted molar refractivity (Wildman–Crippen MR) is 65.4 cm³/mol. The highest BCUT2D eigenvalue weighted by molar-refractivity contribution is 5.84. The number of amides is 1. The van der Waals surface area contributed by atoms with E-state index in [0.717, 1.165) is 11.3 Å². The molecule has 0 heterocycles. The minimum absolute atomic E-state index is 0.436. The van der Waals surface area contributed by atoms with Gasteiger partial charge in [-0.2, -0.15) is 0 Å². The van der Waals surface area contributed by atoms with Crippen molar-refractivity contribution in [3.05, 3.63) is 36.8 Å². The van der Waals surface area contributed by atoms with E-state index in [-0.39, 0.29) is 0 Å². The Balaban J connectivity index is 2.62. The maximum absolute atomic E-state index is 11.5. The van der Waals surface area contributed by atoms with Crippen molar-refractivity contribution < 1.29 is 9.53 Å². The van der Waals surface area contributed by atoms with Gasteiger partial charge in [0.15, 0.2) is 0 Å². The van der Waals surface area contributed by atoms with Crippen LogP contribution in [0, 0.1) is 6.92 Å². The third-order valence-electron chi connectivity index (χ3n) is 1.86. The summed E-state index contributed by atoms with van der Waals surface area (Å²) in [6.07, 6.45) is 0.262. The SMILES string of the molecule is [CH2]Cc1cccc(NC(=O)OC(C)(C)C)c1. The normalized spacial score (nSPS) is 11.0. The van der Waals surface area contributed by atoms with Crippen LogP contribution in [0.2, 0.25) is 0 Å². The molecule has 0 unspecified atom stereocenters. The van der Waals surface area contributed by atoms with Crippen LogP contribution >= 0.6 is 0 Å². The van der Waals surface area contributed by atoms with Crippen molar-refractivity contribution in [2.24, 2.45) is 0 Å². The lowest BCUT2D eigenvalue weighted by atomic mass is 10.1. The Morgan fingerprint density at radius 1 is 1.44 bits per heavy atom. The fourth-order valence-corrected chi connectivity index (χ4v) is 1.23. The van der Waals surface area contributed by atoms with Crippen LogP contribution in [0.4, 0.5) is 10.5 Å². The molecular formula is C13H18NO2. The third kappa shape index (κ3) is 4.34. The van der Waals surface area contributed by atoms with Crippen LogP contribution in [0.1, 0.15) is 26.3 Å². The van der Waals surface area contributed by atoms with Crippen molar-refractivity contribution >= 4 is 11.8 Å². The number of rotatable bonds is 2. The van der Waals surface area contributed by atoms with E-state index in [2.05, 4.69) is 12.2 Å². The molecule has 1 aromatic carbocycles. The highest BCUT2D eigenvalue weighted by atomic mass is 16.6. The van der Waals surface area contributed by atoms with Crippen molar-refractivity contribution in [3.8, 4) is 0 Å². The second kappa shape index (κ2) is 5.01. The summed E-state index contributed by atoms with van der Waals surface area (Å²) in [4.78, 5) is 11.5. The highest BCUT2D eigenvalue weighted by Gasteiger charge is 2.15. The quantitative estimate of drug-likeness (QED) is 0.829. The third-order valence-corrected chi connectivity index (χ3v) is 1.86. The van der Waals surface area contributed by atoms with Crippen molar-refractivity contribution in [2.75, 3.05) is 5.32 Å². The van der Waals surface area contributed by atoms with Gasteiger partial charge in [-0.05, 0) is 51.8 Å². The molecule has 1 aromatic rings. The first-order valence-electron chi connectivity index (χ1n) is 5.29. The fourth-order valence-electron chi connectivity index (χ4n) is 1.23. The Hall–Kier alpha value is -1.51. The molecule has 0 aliphatic rings. The minimum atomic E-state index is -0.478. The zero-order valence-electron chi connectivity index (χ0n) is 10.0. The summed E-state index contributed by atoms with van der Waals surface area (Å²) in [6, 6.07) is 7.56. The van der Waals surface area contributed by atoms with Gasteiger partial charge >= 0.3 is 6.09 Å². The summed E-state index contributed by atoms with van der Waals surface area (Å²) < 4.78 is 5.15. The molecule has 0 spiro atoms.